The zero-order valence-electron chi connectivity index (χ0n) is 13.3. The number of thiazole rings is 1. The average molecular weight is 349 g/mol. The van der Waals surface area contributed by atoms with Crippen molar-refractivity contribution in [3.8, 4) is 10.8 Å². The molecule has 0 spiro atoms. The van der Waals surface area contributed by atoms with Gasteiger partial charge in [-0.05, 0) is 36.4 Å². The van der Waals surface area contributed by atoms with Crippen LogP contribution < -0.4 is 5.32 Å². The third-order valence-corrected chi connectivity index (χ3v) is 4.78. The molecule has 0 saturated carbocycles. The summed E-state index contributed by atoms with van der Waals surface area (Å²) < 4.78 is 6.78. The summed E-state index contributed by atoms with van der Waals surface area (Å²) in [5.74, 6) is 0.662. The maximum Gasteiger partial charge on any atom is 0.287 e. The van der Waals surface area contributed by atoms with Crippen LogP contribution in [0.4, 0.5) is 0 Å². The summed E-state index contributed by atoms with van der Waals surface area (Å²) in [7, 11) is 0. The van der Waals surface area contributed by atoms with Crippen LogP contribution in [0.1, 0.15) is 16.2 Å². The van der Waals surface area contributed by atoms with Gasteiger partial charge in [0.05, 0.1) is 10.2 Å². The van der Waals surface area contributed by atoms with Crippen LogP contribution in [0.5, 0.6) is 0 Å². The number of amides is 1. The van der Waals surface area contributed by atoms with Crippen molar-refractivity contribution in [1.82, 2.24) is 15.3 Å². The van der Waals surface area contributed by atoms with E-state index in [2.05, 4.69) is 15.3 Å². The number of para-hydroxylation sites is 1. The fraction of sp³-hybridized carbons (Fsp3) is 0.105. The first-order valence-electron chi connectivity index (χ1n) is 7.93. The van der Waals surface area contributed by atoms with E-state index in [1.54, 1.807) is 29.7 Å². The van der Waals surface area contributed by atoms with Gasteiger partial charge in [-0.1, -0.05) is 18.2 Å². The number of nitrogens with zero attached hydrogens (tertiary/aromatic N) is 2. The minimum absolute atomic E-state index is 0.233. The first kappa shape index (κ1) is 15.5. The lowest BCUT2D eigenvalue weighted by atomic mass is 10.2. The van der Waals surface area contributed by atoms with E-state index in [0.717, 1.165) is 20.9 Å². The molecule has 25 heavy (non-hydrogen) atoms. The van der Waals surface area contributed by atoms with E-state index in [0.29, 0.717) is 18.7 Å². The summed E-state index contributed by atoms with van der Waals surface area (Å²) in [5, 5.41) is 3.62. The Bertz CT molecular complexity index is 975. The van der Waals surface area contributed by atoms with Gasteiger partial charge >= 0.3 is 0 Å². The molecule has 0 fully saturated rings. The minimum atomic E-state index is -0.233. The number of pyridine rings is 1. The Morgan fingerprint density at radius 2 is 1.96 bits per heavy atom. The molecule has 1 aromatic carbocycles. The Hall–Kier alpha value is -2.99. The molecule has 0 aliphatic heterocycles. The largest absolute Gasteiger partial charge is 0.448 e. The molecule has 124 valence electrons. The Morgan fingerprint density at radius 3 is 2.80 bits per heavy atom. The van der Waals surface area contributed by atoms with Gasteiger partial charge in [-0.25, -0.2) is 4.98 Å². The lowest BCUT2D eigenvalue weighted by Gasteiger charge is -2.02. The Kier molecular flexibility index (Phi) is 4.26. The standard InChI is InChI=1S/C19H15N3O2S/c23-18(21-12-10-13-5-3-4-11-20-13)15-8-9-16(24-15)19-22-14-6-1-2-7-17(14)25-19/h1-9,11H,10,12H2,(H,21,23). The van der Waals surface area contributed by atoms with Crippen molar-refractivity contribution in [2.45, 2.75) is 6.42 Å². The van der Waals surface area contributed by atoms with E-state index in [4.69, 9.17) is 4.42 Å². The predicted molar refractivity (Wildman–Crippen MR) is 97.6 cm³/mol. The fourth-order valence-electron chi connectivity index (χ4n) is 2.49. The molecular weight excluding hydrogens is 334 g/mol. The molecule has 4 rings (SSSR count). The highest BCUT2D eigenvalue weighted by Crippen LogP contribution is 2.31. The fourth-order valence-corrected chi connectivity index (χ4v) is 3.42. The highest BCUT2D eigenvalue weighted by Gasteiger charge is 2.14. The normalized spacial score (nSPS) is 10.9. The first-order chi connectivity index (χ1) is 12.3. The minimum Gasteiger partial charge on any atom is -0.448 e. The van der Waals surface area contributed by atoms with Crippen LogP contribution in [0.2, 0.25) is 0 Å². The van der Waals surface area contributed by atoms with Gasteiger partial charge in [0.1, 0.15) is 0 Å². The topological polar surface area (TPSA) is 68.0 Å². The molecule has 1 amide bonds. The predicted octanol–water partition coefficient (Wildman–Crippen LogP) is 3.92. The SMILES string of the molecule is O=C(NCCc1ccccn1)c1ccc(-c2nc3ccccc3s2)o1. The molecule has 3 heterocycles. The molecule has 0 unspecified atom stereocenters. The van der Waals surface area contributed by atoms with Gasteiger partial charge in [0.25, 0.3) is 5.91 Å². The van der Waals surface area contributed by atoms with Gasteiger partial charge in [-0.15, -0.1) is 11.3 Å². The molecule has 0 atom stereocenters. The van der Waals surface area contributed by atoms with E-state index in [9.17, 15) is 4.79 Å². The van der Waals surface area contributed by atoms with Crippen molar-refractivity contribution in [1.29, 1.82) is 0 Å². The Balaban J connectivity index is 1.42. The van der Waals surface area contributed by atoms with Gasteiger partial charge in [0.2, 0.25) is 0 Å². The lowest BCUT2D eigenvalue weighted by Crippen LogP contribution is -2.25. The van der Waals surface area contributed by atoms with E-state index >= 15 is 0 Å². The van der Waals surface area contributed by atoms with Crippen LogP contribution in [0.3, 0.4) is 0 Å². The second-order valence-electron chi connectivity index (χ2n) is 5.48. The number of rotatable bonds is 5. The molecule has 3 aromatic heterocycles. The maximum atomic E-state index is 12.2. The van der Waals surface area contributed by atoms with E-state index in [1.807, 2.05) is 42.5 Å². The summed E-state index contributed by atoms with van der Waals surface area (Å²) in [6.07, 6.45) is 2.42. The van der Waals surface area contributed by atoms with E-state index in [1.165, 1.54) is 0 Å². The van der Waals surface area contributed by atoms with Gasteiger partial charge in [0, 0.05) is 24.9 Å². The smallest absolute Gasteiger partial charge is 0.287 e. The second-order valence-corrected chi connectivity index (χ2v) is 6.51. The molecule has 6 heteroatoms. The Labute approximate surface area is 148 Å². The number of hydrogen-bond donors (Lipinski definition) is 1. The molecule has 0 bridgehead atoms. The number of carbonyl (C=O) groups is 1. The molecule has 5 nitrogen and oxygen atoms in total. The summed E-state index contributed by atoms with van der Waals surface area (Å²) in [6.45, 7) is 0.507. The number of aromatic nitrogens is 2. The molecule has 0 saturated heterocycles. The van der Waals surface area contributed by atoms with Gasteiger partial charge in [0.15, 0.2) is 16.5 Å². The van der Waals surface area contributed by atoms with Crippen molar-refractivity contribution in [3.63, 3.8) is 0 Å². The van der Waals surface area contributed by atoms with Crippen LogP contribution in [0.25, 0.3) is 21.0 Å². The van der Waals surface area contributed by atoms with Crippen molar-refractivity contribution in [2.75, 3.05) is 6.54 Å². The van der Waals surface area contributed by atoms with Crippen LogP contribution >= 0.6 is 11.3 Å². The number of fused-ring (bicyclic) bond motifs is 1. The number of nitrogens with one attached hydrogen (secondary N) is 1. The molecule has 1 N–H and O–H groups in total. The third kappa shape index (κ3) is 3.44. The number of furan rings is 1. The number of carbonyl (C=O) groups excluding carboxylic acids is 1. The highest BCUT2D eigenvalue weighted by atomic mass is 32.1. The molecule has 0 aliphatic rings. The average Bonchev–Trinajstić information content (AvgIpc) is 3.29. The van der Waals surface area contributed by atoms with Crippen molar-refractivity contribution in [3.05, 3.63) is 72.2 Å². The van der Waals surface area contributed by atoms with Crippen molar-refractivity contribution in [2.24, 2.45) is 0 Å². The molecule has 4 aromatic rings. The summed E-state index contributed by atoms with van der Waals surface area (Å²) in [4.78, 5) is 21.0. The summed E-state index contributed by atoms with van der Waals surface area (Å²) >= 11 is 1.55. The van der Waals surface area contributed by atoms with Crippen LogP contribution in [-0.4, -0.2) is 22.4 Å². The van der Waals surface area contributed by atoms with Crippen molar-refractivity contribution >= 4 is 27.5 Å². The van der Waals surface area contributed by atoms with Crippen LogP contribution in [-0.2, 0) is 6.42 Å². The van der Waals surface area contributed by atoms with Gasteiger partial charge in [-0.3, -0.25) is 9.78 Å². The van der Waals surface area contributed by atoms with E-state index < -0.39 is 0 Å². The summed E-state index contributed by atoms with van der Waals surface area (Å²) in [6, 6.07) is 17.1. The Morgan fingerprint density at radius 1 is 1.08 bits per heavy atom. The quantitative estimate of drug-likeness (QED) is 0.593. The highest BCUT2D eigenvalue weighted by molar-refractivity contribution is 7.21. The first-order valence-corrected chi connectivity index (χ1v) is 8.75. The van der Waals surface area contributed by atoms with Gasteiger partial charge in [-0.2, -0.15) is 0 Å². The third-order valence-electron chi connectivity index (χ3n) is 3.73. The van der Waals surface area contributed by atoms with Gasteiger partial charge < -0.3 is 9.73 Å². The van der Waals surface area contributed by atoms with Crippen LogP contribution in [0.15, 0.2) is 65.2 Å². The maximum absolute atomic E-state index is 12.2. The second kappa shape index (κ2) is 6.86. The molecular formula is C19H15N3O2S. The monoisotopic (exact) mass is 349 g/mol. The zero-order chi connectivity index (χ0) is 17.1. The lowest BCUT2D eigenvalue weighted by molar-refractivity contribution is 0.0927. The van der Waals surface area contributed by atoms with Crippen LogP contribution in [0, 0.1) is 0 Å². The zero-order valence-corrected chi connectivity index (χ0v) is 14.1. The molecule has 0 aliphatic carbocycles. The summed E-state index contributed by atoms with van der Waals surface area (Å²) in [5.41, 5.74) is 1.87. The van der Waals surface area contributed by atoms with Crippen molar-refractivity contribution < 1.29 is 9.21 Å². The number of benzene rings is 1. The number of hydrogen-bond acceptors (Lipinski definition) is 5. The molecule has 0 radical (unpaired) electrons. The van der Waals surface area contributed by atoms with E-state index in [-0.39, 0.29) is 11.7 Å².